The van der Waals surface area contributed by atoms with Crippen LogP contribution in [-0.4, -0.2) is 57.3 Å². The van der Waals surface area contributed by atoms with Crippen LogP contribution in [0, 0.1) is 9.49 Å². The molecule has 4 atom stereocenters. The molecule has 1 aliphatic heterocycles. The highest BCUT2D eigenvalue weighted by Crippen LogP contribution is 2.29. The van der Waals surface area contributed by atoms with Crippen molar-refractivity contribution in [3.63, 3.8) is 0 Å². The van der Waals surface area contributed by atoms with Crippen LogP contribution in [0.25, 0.3) is 0 Å². The zero-order valence-electron chi connectivity index (χ0n) is 21.7. The van der Waals surface area contributed by atoms with Crippen LogP contribution in [0.4, 0.5) is 0 Å². The minimum atomic E-state index is -1.05. The summed E-state index contributed by atoms with van der Waals surface area (Å²) in [7, 11) is 0.677. The standard InChI is InChI=1S/C26H38IN3O5S2/c1-4-28-26(34)24(32)21(16-18-9-11-19(27)12-10-18)30-25(33)22(15-17(2)3)29-23(31)8-6-5-7-20-13-14-36-37(20)35/h9-12,17,20-22H,4-8,13-16H2,1-3H3,(H,28,34)(H,29,31)(H,30,33)/t20?,21-,22-,37?/m0/s1. The Balaban J connectivity index is 2.01. The van der Waals surface area contributed by atoms with E-state index in [2.05, 4.69) is 38.5 Å². The molecule has 2 rings (SSSR count). The van der Waals surface area contributed by atoms with Gasteiger partial charge in [-0.1, -0.05) is 43.2 Å². The number of amides is 3. The smallest absolute Gasteiger partial charge is 0.289 e. The molecule has 1 aromatic carbocycles. The molecule has 1 fully saturated rings. The Kier molecular flexibility index (Phi) is 14.1. The molecule has 37 heavy (non-hydrogen) atoms. The molecule has 0 radical (unpaired) electrons. The average Bonchev–Trinajstić information content (AvgIpc) is 3.26. The third-order valence-corrected chi connectivity index (χ3v) is 10.4. The summed E-state index contributed by atoms with van der Waals surface area (Å²) in [5.41, 5.74) is 0.814. The van der Waals surface area contributed by atoms with Crippen LogP contribution in [-0.2, 0) is 35.4 Å². The first-order valence-electron chi connectivity index (χ1n) is 12.8. The minimum Gasteiger partial charge on any atom is -0.350 e. The first-order chi connectivity index (χ1) is 17.6. The summed E-state index contributed by atoms with van der Waals surface area (Å²) in [6.07, 6.45) is 4.11. The van der Waals surface area contributed by atoms with Crippen LogP contribution >= 0.6 is 33.4 Å². The molecule has 0 spiro atoms. The first-order valence-corrected chi connectivity index (χ1v) is 16.6. The van der Waals surface area contributed by atoms with E-state index in [4.69, 9.17) is 0 Å². The van der Waals surface area contributed by atoms with Gasteiger partial charge in [0.2, 0.25) is 17.6 Å². The Morgan fingerprint density at radius 2 is 1.78 bits per heavy atom. The van der Waals surface area contributed by atoms with E-state index in [1.807, 2.05) is 38.1 Å². The normalized spacial score (nSPS) is 18.7. The number of Topliss-reactive ketones (excluding diaryl/α,β-unsaturated/α-hetero) is 1. The highest BCUT2D eigenvalue weighted by molar-refractivity contribution is 14.1. The lowest BCUT2D eigenvalue weighted by atomic mass is 9.99. The van der Waals surface area contributed by atoms with E-state index < -0.39 is 39.5 Å². The van der Waals surface area contributed by atoms with E-state index in [0.29, 0.717) is 19.4 Å². The molecule has 2 unspecified atom stereocenters. The van der Waals surface area contributed by atoms with Crippen molar-refractivity contribution in [1.82, 2.24) is 16.0 Å². The van der Waals surface area contributed by atoms with Crippen LogP contribution in [0.5, 0.6) is 0 Å². The molecule has 3 N–H and O–H groups in total. The maximum absolute atomic E-state index is 13.2. The van der Waals surface area contributed by atoms with E-state index in [1.54, 1.807) is 6.92 Å². The SMILES string of the molecule is CCNC(=O)C(=O)[C@H](Cc1ccc(I)cc1)NC(=O)[C@H](CC(C)C)NC(=O)CCCCC1CCSS1=O. The summed E-state index contributed by atoms with van der Waals surface area (Å²) in [5, 5.41) is 8.28. The molecule has 1 saturated heterocycles. The molecule has 0 aromatic heterocycles. The van der Waals surface area contributed by atoms with Gasteiger partial charge in [-0.15, -0.1) is 0 Å². The Labute approximate surface area is 239 Å². The molecule has 0 bridgehead atoms. The number of benzene rings is 1. The quantitative estimate of drug-likeness (QED) is 0.115. The van der Waals surface area contributed by atoms with Crippen LogP contribution in [0.15, 0.2) is 24.3 Å². The van der Waals surface area contributed by atoms with Gasteiger partial charge in [0.15, 0.2) is 0 Å². The number of hydrogen-bond acceptors (Lipinski definition) is 6. The molecule has 3 amide bonds. The van der Waals surface area contributed by atoms with Gasteiger partial charge in [0.05, 0.1) is 9.83 Å². The summed E-state index contributed by atoms with van der Waals surface area (Å²) in [6.45, 7) is 5.93. The molecule has 1 aliphatic rings. The van der Waals surface area contributed by atoms with Gasteiger partial charge >= 0.3 is 0 Å². The first kappa shape index (κ1) is 31.7. The summed E-state index contributed by atoms with van der Waals surface area (Å²) >= 11 is 2.18. The number of carbonyl (C=O) groups excluding carboxylic acids is 4. The van der Waals surface area contributed by atoms with Gasteiger partial charge in [-0.3, -0.25) is 19.2 Å². The van der Waals surface area contributed by atoms with Gasteiger partial charge < -0.3 is 16.0 Å². The van der Waals surface area contributed by atoms with E-state index in [1.165, 1.54) is 10.8 Å². The Morgan fingerprint density at radius 3 is 2.38 bits per heavy atom. The fourth-order valence-electron chi connectivity index (χ4n) is 4.07. The van der Waals surface area contributed by atoms with Crippen LogP contribution in [0.1, 0.15) is 64.9 Å². The highest BCUT2D eigenvalue weighted by Gasteiger charge is 2.30. The lowest BCUT2D eigenvalue weighted by Crippen LogP contribution is -2.54. The molecule has 0 aliphatic carbocycles. The monoisotopic (exact) mass is 663 g/mol. The number of rotatable bonds is 15. The highest BCUT2D eigenvalue weighted by atomic mass is 127. The van der Waals surface area contributed by atoms with E-state index >= 15 is 0 Å². The summed E-state index contributed by atoms with van der Waals surface area (Å²) in [5.74, 6) is -1.12. The fourth-order valence-corrected chi connectivity index (χ4v) is 7.92. The summed E-state index contributed by atoms with van der Waals surface area (Å²) < 4.78 is 12.9. The molecule has 206 valence electrons. The molecule has 0 saturated carbocycles. The van der Waals surface area contributed by atoms with Crippen LogP contribution < -0.4 is 16.0 Å². The minimum absolute atomic E-state index is 0.125. The van der Waals surface area contributed by atoms with Gasteiger partial charge in [-0.05, 0) is 78.8 Å². The third-order valence-electron chi connectivity index (χ3n) is 6.00. The van der Waals surface area contributed by atoms with Gasteiger partial charge in [0.1, 0.15) is 12.1 Å². The second kappa shape index (κ2) is 16.5. The van der Waals surface area contributed by atoms with Crippen molar-refractivity contribution in [2.24, 2.45) is 5.92 Å². The topological polar surface area (TPSA) is 121 Å². The number of carbonyl (C=O) groups is 4. The van der Waals surface area contributed by atoms with Crippen molar-refractivity contribution in [3.8, 4) is 0 Å². The molecular formula is C26H38IN3O5S2. The number of unbranched alkanes of at least 4 members (excludes halogenated alkanes) is 1. The Bertz CT molecular complexity index is 958. The second-order valence-corrected chi connectivity index (χ2v) is 14.4. The van der Waals surface area contributed by atoms with Crippen molar-refractivity contribution in [3.05, 3.63) is 33.4 Å². The van der Waals surface area contributed by atoms with Crippen molar-refractivity contribution >= 4 is 66.7 Å². The average molecular weight is 664 g/mol. The van der Waals surface area contributed by atoms with Crippen molar-refractivity contribution in [1.29, 1.82) is 0 Å². The van der Waals surface area contributed by atoms with E-state index in [0.717, 1.165) is 34.1 Å². The number of likely N-dealkylation sites (N-methyl/N-ethyl adjacent to an activating group) is 1. The van der Waals surface area contributed by atoms with E-state index in [9.17, 15) is 23.4 Å². The fraction of sp³-hybridized carbons (Fsp3) is 0.615. The number of nitrogens with one attached hydrogen (secondary N) is 3. The van der Waals surface area contributed by atoms with Crippen molar-refractivity contribution < 1.29 is 23.4 Å². The van der Waals surface area contributed by atoms with Crippen LogP contribution in [0.3, 0.4) is 0 Å². The summed E-state index contributed by atoms with van der Waals surface area (Å²) in [4.78, 5) is 51.1. The van der Waals surface area contributed by atoms with Gasteiger partial charge in [-0.2, -0.15) is 0 Å². The van der Waals surface area contributed by atoms with Crippen molar-refractivity contribution in [2.75, 3.05) is 12.3 Å². The zero-order valence-corrected chi connectivity index (χ0v) is 25.5. The predicted octanol–water partition coefficient (Wildman–Crippen LogP) is 3.28. The number of hydrogen-bond donors (Lipinski definition) is 3. The van der Waals surface area contributed by atoms with E-state index in [-0.39, 0.29) is 29.9 Å². The van der Waals surface area contributed by atoms with Gasteiger partial charge in [-0.25, -0.2) is 4.21 Å². The summed E-state index contributed by atoms with van der Waals surface area (Å²) in [6, 6.07) is 5.66. The maximum atomic E-state index is 13.2. The molecule has 1 aromatic rings. The van der Waals surface area contributed by atoms with Gasteiger partial charge in [0, 0.05) is 34.0 Å². The molecule has 1 heterocycles. The lowest BCUT2D eigenvalue weighted by Gasteiger charge is -2.24. The molecule has 11 heteroatoms. The largest absolute Gasteiger partial charge is 0.350 e. The molecule has 8 nitrogen and oxygen atoms in total. The third kappa shape index (κ3) is 11.4. The lowest BCUT2D eigenvalue weighted by molar-refractivity contribution is -0.140. The number of ketones is 1. The number of halogens is 1. The molecular weight excluding hydrogens is 625 g/mol. The maximum Gasteiger partial charge on any atom is 0.289 e. The van der Waals surface area contributed by atoms with Crippen LogP contribution in [0.2, 0.25) is 0 Å². The van der Waals surface area contributed by atoms with Gasteiger partial charge in [0.25, 0.3) is 5.91 Å². The second-order valence-electron chi connectivity index (χ2n) is 9.60. The predicted molar refractivity (Wildman–Crippen MR) is 157 cm³/mol. The Hall–Kier alpha value is -1.47. The van der Waals surface area contributed by atoms with Crippen molar-refractivity contribution in [2.45, 2.75) is 83.1 Å². The zero-order chi connectivity index (χ0) is 27.4. The Morgan fingerprint density at radius 1 is 1.08 bits per heavy atom.